The normalized spacial score (nSPS) is 16.0. The molecule has 232 valence electrons. The summed E-state index contributed by atoms with van der Waals surface area (Å²) in [6, 6.07) is 3.16. The fourth-order valence-electron chi connectivity index (χ4n) is 5.04. The number of carbonyl (C=O) groups is 1. The van der Waals surface area contributed by atoms with Crippen LogP contribution in [0.1, 0.15) is 146 Å². The number of aryl methyl sites for hydroxylation is 1. The van der Waals surface area contributed by atoms with Crippen LogP contribution in [-0.2, 0) is 15.7 Å². The molecular formula is C31H52N4O5S. The maximum absolute atomic E-state index is 13.4. The number of nitrogens with zero attached hydrogens (tertiary/aromatic N) is 3. The van der Waals surface area contributed by atoms with E-state index in [4.69, 9.17) is 0 Å². The second kappa shape index (κ2) is 16.2. The van der Waals surface area contributed by atoms with E-state index in [2.05, 4.69) is 29.1 Å². The molecule has 1 aromatic carbocycles. The summed E-state index contributed by atoms with van der Waals surface area (Å²) < 4.78 is 36.1. The van der Waals surface area contributed by atoms with E-state index in [1.165, 1.54) is 19.3 Å². The summed E-state index contributed by atoms with van der Waals surface area (Å²) in [5.74, 6) is -0.224. The summed E-state index contributed by atoms with van der Waals surface area (Å²) >= 11 is 0. The third kappa shape index (κ3) is 11.0. The van der Waals surface area contributed by atoms with Gasteiger partial charge >= 0.3 is 10.3 Å². The lowest BCUT2D eigenvalue weighted by Gasteiger charge is -2.32. The third-order valence-corrected chi connectivity index (χ3v) is 8.34. The van der Waals surface area contributed by atoms with Crippen LogP contribution in [0.25, 0.3) is 0 Å². The van der Waals surface area contributed by atoms with Crippen LogP contribution in [-0.4, -0.2) is 46.3 Å². The van der Waals surface area contributed by atoms with Crippen molar-refractivity contribution in [2.75, 3.05) is 0 Å². The molecule has 1 aliphatic rings. The Hall–Kier alpha value is -2.46. The molecule has 1 atom stereocenters. The van der Waals surface area contributed by atoms with E-state index in [0.29, 0.717) is 29.8 Å². The summed E-state index contributed by atoms with van der Waals surface area (Å²) in [7, 11) is -4.77. The maximum Gasteiger partial charge on any atom is 0.364 e. The number of unbranched alkanes of at least 4 members (excludes halogenated alkanes) is 10. The molecule has 3 N–H and O–H groups in total. The summed E-state index contributed by atoms with van der Waals surface area (Å²) in [6.07, 6.45) is 12.8. The molecule has 41 heavy (non-hydrogen) atoms. The Bertz CT molecular complexity index is 1170. The van der Waals surface area contributed by atoms with Gasteiger partial charge in [-0.15, -0.1) is 0 Å². The van der Waals surface area contributed by atoms with Crippen molar-refractivity contribution in [1.29, 1.82) is 0 Å². The molecule has 1 heterocycles. The fourth-order valence-corrected chi connectivity index (χ4v) is 5.81. The summed E-state index contributed by atoms with van der Waals surface area (Å²) in [5, 5.41) is 13.2. The van der Waals surface area contributed by atoms with E-state index in [-0.39, 0.29) is 17.3 Å². The number of aromatic hydroxyl groups is 1. The molecule has 0 spiro atoms. The van der Waals surface area contributed by atoms with E-state index in [9.17, 15) is 22.9 Å². The van der Waals surface area contributed by atoms with Gasteiger partial charge in [0.05, 0.1) is 0 Å². The molecule has 10 heteroatoms. The van der Waals surface area contributed by atoms with Gasteiger partial charge in [0.2, 0.25) is 5.96 Å². The molecule has 0 fully saturated rings. The molecule has 0 aromatic heterocycles. The second-order valence-electron chi connectivity index (χ2n) is 12.2. The topological polar surface area (TPSA) is 132 Å². The quantitative estimate of drug-likeness (QED) is 0.136. The number of amides is 1. The molecule has 0 saturated carbocycles. The summed E-state index contributed by atoms with van der Waals surface area (Å²) in [4.78, 5) is 22.5. The van der Waals surface area contributed by atoms with Gasteiger partial charge in [-0.3, -0.25) is 14.7 Å². The number of benzene rings is 1. The smallest absolute Gasteiger partial charge is 0.364 e. The van der Waals surface area contributed by atoms with E-state index >= 15 is 0 Å². The number of aliphatic imine (C=N–C) groups is 2. The molecule has 0 radical (unpaired) electrons. The first-order valence-electron chi connectivity index (χ1n) is 15.4. The summed E-state index contributed by atoms with van der Waals surface area (Å²) in [5.41, 5.74) is 0.973. The average Bonchev–Trinajstić information content (AvgIpc) is 2.88. The number of phenols is 1. The highest BCUT2D eigenvalue weighted by Gasteiger charge is 2.36. The molecule has 1 aliphatic heterocycles. The van der Waals surface area contributed by atoms with Crippen molar-refractivity contribution >= 4 is 28.0 Å². The van der Waals surface area contributed by atoms with Crippen LogP contribution in [0.5, 0.6) is 5.75 Å². The molecular weight excluding hydrogens is 540 g/mol. The minimum absolute atomic E-state index is 0.121. The van der Waals surface area contributed by atoms with Crippen LogP contribution in [0.2, 0.25) is 0 Å². The first-order valence-corrected chi connectivity index (χ1v) is 16.8. The molecule has 2 rings (SSSR count). The predicted molar refractivity (Wildman–Crippen MR) is 167 cm³/mol. The van der Waals surface area contributed by atoms with Gasteiger partial charge in [-0.05, 0) is 49.3 Å². The Morgan fingerprint density at radius 1 is 0.951 bits per heavy atom. The number of hydrogen-bond donors (Lipinski definition) is 3. The first-order chi connectivity index (χ1) is 19.3. The third-order valence-electron chi connectivity index (χ3n) is 7.43. The van der Waals surface area contributed by atoms with Gasteiger partial charge in [-0.25, -0.2) is 4.99 Å². The Morgan fingerprint density at radius 3 is 2.07 bits per heavy atom. The van der Waals surface area contributed by atoms with Crippen LogP contribution in [0.3, 0.4) is 0 Å². The number of carbonyl (C=O) groups excluding carboxylic acids is 1. The maximum atomic E-state index is 13.4. The first kappa shape index (κ1) is 34.7. The zero-order valence-electron chi connectivity index (χ0n) is 26.0. The SMILES string of the molecule is CCCCCCCCC1=NC(CCCCCCCC)N(S(=O)(=O)O)C(NC(=O)c2cc(C)c(O)c(C(C)(C)C)c2)=N1. The van der Waals surface area contributed by atoms with Gasteiger partial charge in [0.25, 0.3) is 5.91 Å². The Kier molecular flexibility index (Phi) is 13.8. The van der Waals surface area contributed by atoms with E-state index in [0.717, 1.165) is 62.1 Å². The molecule has 0 saturated heterocycles. The van der Waals surface area contributed by atoms with Crippen molar-refractivity contribution in [2.24, 2.45) is 9.98 Å². The van der Waals surface area contributed by atoms with Gasteiger partial charge in [0, 0.05) is 17.5 Å². The monoisotopic (exact) mass is 592 g/mol. The molecule has 1 unspecified atom stereocenters. The number of hydrogen-bond acceptors (Lipinski definition) is 6. The van der Waals surface area contributed by atoms with Gasteiger partial charge in [0.1, 0.15) is 17.8 Å². The molecule has 9 nitrogen and oxygen atoms in total. The number of amidine groups is 1. The van der Waals surface area contributed by atoms with E-state index < -0.39 is 27.8 Å². The van der Waals surface area contributed by atoms with Gasteiger partial charge in [-0.1, -0.05) is 98.8 Å². The van der Waals surface area contributed by atoms with Crippen molar-refractivity contribution in [3.63, 3.8) is 0 Å². The highest BCUT2D eigenvalue weighted by molar-refractivity contribution is 7.84. The van der Waals surface area contributed by atoms with E-state index in [1.807, 2.05) is 20.8 Å². The standard InChI is InChI=1S/C31H52N4O5S/c1-7-9-11-13-15-17-19-26-32-27(20-18-16-14-12-10-8-2)35(41(38,39)40)30(33-26)34-29(37)24-21-23(3)28(36)25(22-24)31(4,5)6/h21-22,27,36H,7-20H2,1-6H3,(H,38,39,40)(H,32,33,34,37). The minimum atomic E-state index is -4.77. The van der Waals surface area contributed by atoms with Crippen molar-refractivity contribution in [3.05, 3.63) is 28.8 Å². The number of phenolic OH excluding ortho intramolecular Hbond substituents is 1. The predicted octanol–water partition coefficient (Wildman–Crippen LogP) is 7.43. The van der Waals surface area contributed by atoms with Crippen molar-refractivity contribution in [3.8, 4) is 5.75 Å². The second-order valence-corrected chi connectivity index (χ2v) is 13.5. The molecule has 1 amide bonds. The molecule has 0 bridgehead atoms. The molecule has 1 aromatic rings. The van der Waals surface area contributed by atoms with Crippen molar-refractivity contribution in [2.45, 2.75) is 143 Å². The Labute approximate surface area is 247 Å². The van der Waals surface area contributed by atoms with Crippen molar-refractivity contribution in [1.82, 2.24) is 9.62 Å². The number of guanidine groups is 1. The van der Waals surface area contributed by atoms with Crippen LogP contribution in [0.15, 0.2) is 22.1 Å². The molecule has 0 aliphatic carbocycles. The van der Waals surface area contributed by atoms with E-state index in [1.54, 1.807) is 19.1 Å². The zero-order chi connectivity index (χ0) is 30.6. The number of nitrogens with one attached hydrogen (secondary N) is 1. The minimum Gasteiger partial charge on any atom is -0.507 e. The number of rotatable bonds is 16. The lowest BCUT2D eigenvalue weighted by molar-refractivity contribution is 0.0973. The van der Waals surface area contributed by atoms with Crippen LogP contribution < -0.4 is 5.32 Å². The van der Waals surface area contributed by atoms with Crippen molar-refractivity contribution < 1.29 is 22.9 Å². The Balaban J connectivity index is 2.33. The fraction of sp³-hybridized carbons (Fsp3) is 0.710. The highest BCUT2D eigenvalue weighted by atomic mass is 32.2. The average molecular weight is 593 g/mol. The van der Waals surface area contributed by atoms with Crippen LogP contribution in [0, 0.1) is 6.92 Å². The summed E-state index contributed by atoms with van der Waals surface area (Å²) in [6.45, 7) is 11.9. The lowest BCUT2D eigenvalue weighted by Crippen LogP contribution is -2.53. The van der Waals surface area contributed by atoms with Gasteiger partial charge in [0.15, 0.2) is 0 Å². The zero-order valence-corrected chi connectivity index (χ0v) is 26.8. The van der Waals surface area contributed by atoms with Crippen LogP contribution in [0.4, 0.5) is 0 Å². The lowest BCUT2D eigenvalue weighted by atomic mass is 9.84. The highest BCUT2D eigenvalue weighted by Crippen LogP contribution is 2.34. The Morgan fingerprint density at radius 2 is 1.51 bits per heavy atom. The largest absolute Gasteiger partial charge is 0.507 e. The van der Waals surface area contributed by atoms with Crippen LogP contribution >= 0.6 is 0 Å². The van der Waals surface area contributed by atoms with Gasteiger partial charge in [-0.2, -0.15) is 17.7 Å². The van der Waals surface area contributed by atoms with Gasteiger partial charge < -0.3 is 5.11 Å².